The summed E-state index contributed by atoms with van der Waals surface area (Å²) in [5.41, 5.74) is 7.31. The number of aryl methyl sites for hydroxylation is 1. The van der Waals surface area contributed by atoms with Gasteiger partial charge in [0.05, 0.1) is 24.4 Å². The van der Waals surface area contributed by atoms with Crippen LogP contribution in [0, 0.1) is 24.1 Å². The van der Waals surface area contributed by atoms with E-state index in [1.807, 2.05) is 19.1 Å². The lowest BCUT2D eigenvalue weighted by molar-refractivity contribution is -0.136. The van der Waals surface area contributed by atoms with Crippen molar-refractivity contribution >= 4 is 11.7 Å². The van der Waals surface area contributed by atoms with Gasteiger partial charge in [-0.25, -0.2) is 4.39 Å². The molecule has 6 heteroatoms. The number of ether oxygens (including phenoxy) is 1. The molecule has 5 rings (SSSR count). The van der Waals surface area contributed by atoms with Gasteiger partial charge in [-0.05, 0) is 72.9 Å². The van der Waals surface area contributed by atoms with Crippen LogP contribution in [0.4, 0.5) is 10.1 Å². The SMILES string of the molecule is Cc1nc(CC2CCCCC2)c(-c2ccc(OCCc3ccc(F)cc3)cc2)c(N2CCC(C)(C)CC2)c1CC(=O)O. The van der Waals surface area contributed by atoms with E-state index in [1.165, 1.54) is 44.2 Å². The molecule has 2 heterocycles. The number of anilines is 1. The monoisotopic (exact) mass is 572 g/mol. The normalized spacial score (nSPS) is 17.3. The first-order valence-corrected chi connectivity index (χ1v) is 15.7. The molecule has 224 valence electrons. The van der Waals surface area contributed by atoms with E-state index in [1.54, 1.807) is 12.1 Å². The van der Waals surface area contributed by atoms with Crippen LogP contribution in [0.3, 0.4) is 0 Å². The Hall–Kier alpha value is -3.41. The van der Waals surface area contributed by atoms with E-state index in [0.717, 1.165) is 77.4 Å². The first-order valence-electron chi connectivity index (χ1n) is 15.7. The van der Waals surface area contributed by atoms with Gasteiger partial charge in [-0.2, -0.15) is 0 Å². The maximum Gasteiger partial charge on any atom is 0.307 e. The number of nitrogens with zero attached hydrogens (tertiary/aromatic N) is 2. The van der Waals surface area contributed by atoms with Crippen LogP contribution in [0.2, 0.25) is 0 Å². The number of hydrogen-bond acceptors (Lipinski definition) is 4. The van der Waals surface area contributed by atoms with Crippen LogP contribution in [-0.4, -0.2) is 35.8 Å². The zero-order chi connectivity index (χ0) is 29.7. The summed E-state index contributed by atoms with van der Waals surface area (Å²) in [5, 5.41) is 9.92. The lowest BCUT2D eigenvalue weighted by atomic mass is 9.81. The molecule has 0 radical (unpaired) electrons. The van der Waals surface area contributed by atoms with Crippen LogP contribution in [0.5, 0.6) is 5.75 Å². The second-order valence-electron chi connectivity index (χ2n) is 13.0. The highest BCUT2D eigenvalue weighted by molar-refractivity contribution is 5.86. The van der Waals surface area contributed by atoms with Crippen molar-refractivity contribution < 1.29 is 19.0 Å². The number of rotatable bonds is 10. The van der Waals surface area contributed by atoms with Crippen molar-refractivity contribution in [1.29, 1.82) is 0 Å². The second-order valence-corrected chi connectivity index (χ2v) is 13.0. The van der Waals surface area contributed by atoms with Gasteiger partial charge in [-0.15, -0.1) is 0 Å². The Balaban J connectivity index is 1.49. The average molecular weight is 573 g/mol. The van der Waals surface area contributed by atoms with Gasteiger partial charge < -0.3 is 14.7 Å². The molecule has 2 aliphatic rings. The summed E-state index contributed by atoms with van der Waals surface area (Å²) >= 11 is 0. The molecule has 1 N–H and O–H groups in total. The van der Waals surface area contributed by atoms with Gasteiger partial charge in [0.1, 0.15) is 11.6 Å². The van der Waals surface area contributed by atoms with E-state index in [-0.39, 0.29) is 17.7 Å². The quantitative estimate of drug-likeness (QED) is 0.265. The second kappa shape index (κ2) is 13.3. The third-order valence-corrected chi connectivity index (χ3v) is 9.23. The van der Waals surface area contributed by atoms with E-state index in [4.69, 9.17) is 9.72 Å². The number of piperidine rings is 1. The van der Waals surface area contributed by atoms with Gasteiger partial charge in [0.25, 0.3) is 0 Å². The number of aliphatic carboxylic acids is 1. The topological polar surface area (TPSA) is 62.7 Å². The first-order chi connectivity index (χ1) is 20.2. The Labute approximate surface area is 250 Å². The molecule has 1 saturated heterocycles. The number of carboxylic acid groups (broad SMARTS) is 1. The zero-order valence-corrected chi connectivity index (χ0v) is 25.4. The van der Waals surface area contributed by atoms with Crippen molar-refractivity contribution in [3.05, 3.63) is 76.9 Å². The fraction of sp³-hybridized carbons (Fsp3) is 0.500. The van der Waals surface area contributed by atoms with E-state index in [9.17, 15) is 14.3 Å². The Bertz CT molecular complexity index is 1350. The van der Waals surface area contributed by atoms with Crippen molar-refractivity contribution in [3.8, 4) is 16.9 Å². The Morgan fingerprint density at radius 3 is 2.33 bits per heavy atom. The van der Waals surface area contributed by atoms with Gasteiger partial charge in [0.15, 0.2) is 0 Å². The number of pyridine rings is 1. The highest BCUT2D eigenvalue weighted by Gasteiger charge is 2.31. The van der Waals surface area contributed by atoms with Gasteiger partial charge >= 0.3 is 5.97 Å². The lowest BCUT2D eigenvalue weighted by Gasteiger charge is -2.40. The standard InChI is InChI=1S/C36H45FN2O3/c1-25-31(24-33(40)41)35(39-20-18-36(2,3)19-21-39)34(32(38-25)23-27-7-5-4-6-8-27)28-11-15-30(16-12-28)42-22-17-26-9-13-29(37)14-10-26/h9-16,27H,4-8,17-24H2,1-3H3,(H,40,41). The molecule has 0 spiro atoms. The predicted molar refractivity (Wildman–Crippen MR) is 167 cm³/mol. The van der Waals surface area contributed by atoms with E-state index >= 15 is 0 Å². The molecule has 2 fully saturated rings. The van der Waals surface area contributed by atoms with Gasteiger partial charge in [-0.3, -0.25) is 9.78 Å². The van der Waals surface area contributed by atoms with Crippen molar-refractivity contribution in [1.82, 2.24) is 4.98 Å². The number of hydrogen-bond donors (Lipinski definition) is 1. The van der Waals surface area contributed by atoms with Crippen LogP contribution in [0.15, 0.2) is 48.5 Å². The molecule has 42 heavy (non-hydrogen) atoms. The van der Waals surface area contributed by atoms with Crippen molar-refractivity contribution in [2.45, 2.75) is 85.0 Å². The molecule has 1 aliphatic heterocycles. The zero-order valence-electron chi connectivity index (χ0n) is 25.4. The van der Waals surface area contributed by atoms with Gasteiger partial charge in [0, 0.05) is 36.3 Å². The minimum Gasteiger partial charge on any atom is -0.493 e. The lowest BCUT2D eigenvalue weighted by Crippen LogP contribution is -2.38. The fourth-order valence-electron chi connectivity index (χ4n) is 6.60. The summed E-state index contributed by atoms with van der Waals surface area (Å²) in [5.74, 6) is 0.330. The van der Waals surface area contributed by atoms with E-state index in [0.29, 0.717) is 18.9 Å². The maximum absolute atomic E-state index is 13.2. The number of aromatic nitrogens is 1. The van der Waals surface area contributed by atoms with Crippen molar-refractivity contribution in [2.24, 2.45) is 11.3 Å². The molecule has 0 amide bonds. The van der Waals surface area contributed by atoms with Crippen LogP contribution in [0.1, 0.15) is 81.3 Å². The third kappa shape index (κ3) is 7.50. The molecule has 3 aromatic rings. The largest absolute Gasteiger partial charge is 0.493 e. The molecule has 2 aromatic carbocycles. The van der Waals surface area contributed by atoms with Crippen LogP contribution >= 0.6 is 0 Å². The smallest absolute Gasteiger partial charge is 0.307 e. The van der Waals surface area contributed by atoms with Crippen LogP contribution in [0.25, 0.3) is 11.1 Å². The summed E-state index contributed by atoms with van der Waals surface area (Å²) in [6, 6.07) is 14.7. The average Bonchev–Trinajstić information content (AvgIpc) is 2.96. The predicted octanol–water partition coefficient (Wildman–Crippen LogP) is 8.19. The molecule has 5 nitrogen and oxygen atoms in total. The van der Waals surface area contributed by atoms with Gasteiger partial charge in [-0.1, -0.05) is 70.2 Å². The fourth-order valence-corrected chi connectivity index (χ4v) is 6.60. The third-order valence-electron chi connectivity index (χ3n) is 9.23. The summed E-state index contributed by atoms with van der Waals surface area (Å²) in [4.78, 5) is 19.7. The molecule has 1 saturated carbocycles. The number of carboxylic acids is 1. The molecule has 0 atom stereocenters. The minimum absolute atomic E-state index is 0.0324. The highest BCUT2D eigenvalue weighted by Crippen LogP contribution is 2.43. The first kappa shape index (κ1) is 30.1. The van der Waals surface area contributed by atoms with E-state index < -0.39 is 5.97 Å². The number of halogens is 1. The Morgan fingerprint density at radius 1 is 1.02 bits per heavy atom. The number of benzene rings is 2. The molecule has 0 unspecified atom stereocenters. The van der Waals surface area contributed by atoms with Crippen molar-refractivity contribution in [2.75, 3.05) is 24.6 Å². The summed E-state index contributed by atoms with van der Waals surface area (Å²) in [6.45, 7) is 8.95. The molecular formula is C36H45FN2O3. The highest BCUT2D eigenvalue weighted by atomic mass is 19.1. The Kier molecular flexibility index (Phi) is 9.50. The molecule has 0 bridgehead atoms. The maximum atomic E-state index is 13.2. The Morgan fingerprint density at radius 2 is 1.69 bits per heavy atom. The van der Waals surface area contributed by atoms with Crippen molar-refractivity contribution in [3.63, 3.8) is 0 Å². The summed E-state index contributed by atoms with van der Waals surface area (Å²) < 4.78 is 19.3. The summed E-state index contributed by atoms with van der Waals surface area (Å²) in [7, 11) is 0. The van der Waals surface area contributed by atoms with Crippen LogP contribution < -0.4 is 9.64 Å². The molecule has 1 aromatic heterocycles. The minimum atomic E-state index is -0.825. The van der Waals surface area contributed by atoms with Gasteiger partial charge in [0.2, 0.25) is 0 Å². The number of carbonyl (C=O) groups is 1. The molecular weight excluding hydrogens is 527 g/mol. The summed E-state index contributed by atoms with van der Waals surface area (Å²) in [6.07, 6.45) is 10.0. The molecule has 1 aliphatic carbocycles. The van der Waals surface area contributed by atoms with Crippen LogP contribution in [-0.2, 0) is 24.1 Å². The van der Waals surface area contributed by atoms with E-state index in [2.05, 4.69) is 30.9 Å².